The van der Waals surface area contributed by atoms with E-state index in [1.165, 1.54) is 16.8 Å². The highest BCUT2D eigenvalue weighted by atomic mass is 16.2. The second kappa shape index (κ2) is 10.1. The Balaban J connectivity index is 1.58. The number of carbonyl (C=O) groups is 3. The molecule has 1 aliphatic rings. The van der Waals surface area contributed by atoms with E-state index < -0.39 is 17.9 Å². The molecule has 31 heavy (non-hydrogen) atoms. The molecule has 1 N–H and O–H groups in total. The van der Waals surface area contributed by atoms with Gasteiger partial charge in [-0.3, -0.25) is 14.4 Å². The van der Waals surface area contributed by atoms with E-state index in [1.807, 2.05) is 36.4 Å². The summed E-state index contributed by atoms with van der Waals surface area (Å²) < 4.78 is 0. The Morgan fingerprint density at radius 2 is 1.74 bits per heavy atom. The van der Waals surface area contributed by atoms with E-state index in [1.54, 1.807) is 24.3 Å². The molecule has 7 heteroatoms. The van der Waals surface area contributed by atoms with Crippen LogP contribution in [0, 0.1) is 29.1 Å². The molecule has 3 amide bonds. The SMILES string of the molecule is CN(CC(=O)N1CC(C(=O)Nc2ccccc2)CC1C#N)C(=O)C#Cc1ccccc1. The molecule has 1 saturated heterocycles. The summed E-state index contributed by atoms with van der Waals surface area (Å²) in [6.45, 7) is -0.0824. The lowest BCUT2D eigenvalue weighted by atomic mass is 10.1. The number of para-hydroxylation sites is 1. The highest BCUT2D eigenvalue weighted by Crippen LogP contribution is 2.24. The van der Waals surface area contributed by atoms with Gasteiger partial charge in [0.1, 0.15) is 12.6 Å². The van der Waals surface area contributed by atoms with E-state index in [2.05, 4.69) is 23.2 Å². The van der Waals surface area contributed by atoms with E-state index in [0.717, 1.165) is 0 Å². The van der Waals surface area contributed by atoms with Gasteiger partial charge >= 0.3 is 0 Å². The van der Waals surface area contributed by atoms with Gasteiger partial charge in [-0.05, 0) is 30.7 Å². The average Bonchev–Trinajstić information content (AvgIpc) is 3.23. The van der Waals surface area contributed by atoms with Crippen molar-refractivity contribution >= 4 is 23.4 Å². The van der Waals surface area contributed by atoms with Crippen LogP contribution in [0.2, 0.25) is 0 Å². The number of nitriles is 1. The minimum absolute atomic E-state index is 0.132. The summed E-state index contributed by atoms with van der Waals surface area (Å²) in [5.41, 5.74) is 1.36. The third-order valence-corrected chi connectivity index (χ3v) is 4.99. The van der Waals surface area contributed by atoms with Crippen molar-refractivity contribution in [1.82, 2.24) is 9.80 Å². The molecule has 1 fully saturated rings. The molecule has 7 nitrogen and oxygen atoms in total. The number of nitrogens with zero attached hydrogens (tertiary/aromatic N) is 3. The fourth-order valence-corrected chi connectivity index (χ4v) is 3.30. The normalized spacial score (nSPS) is 17.1. The smallest absolute Gasteiger partial charge is 0.299 e. The van der Waals surface area contributed by atoms with Crippen molar-refractivity contribution < 1.29 is 14.4 Å². The summed E-state index contributed by atoms with van der Waals surface area (Å²) in [5.74, 6) is 3.66. The van der Waals surface area contributed by atoms with E-state index in [-0.39, 0.29) is 31.3 Å². The van der Waals surface area contributed by atoms with Gasteiger partial charge in [0.25, 0.3) is 5.91 Å². The Bertz CT molecular complexity index is 1050. The number of hydrogen-bond acceptors (Lipinski definition) is 4. The molecule has 0 bridgehead atoms. The summed E-state index contributed by atoms with van der Waals surface area (Å²) in [6.07, 6.45) is 0.256. The largest absolute Gasteiger partial charge is 0.326 e. The highest BCUT2D eigenvalue weighted by molar-refractivity contribution is 5.97. The van der Waals surface area contributed by atoms with Gasteiger partial charge in [0, 0.05) is 30.8 Å². The molecular weight excluding hydrogens is 392 g/mol. The van der Waals surface area contributed by atoms with Crippen LogP contribution in [0.4, 0.5) is 5.69 Å². The first-order chi connectivity index (χ1) is 15.0. The van der Waals surface area contributed by atoms with Crippen LogP contribution >= 0.6 is 0 Å². The van der Waals surface area contributed by atoms with Crippen LogP contribution in [0.5, 0.6) is 0 Å². The molecule has 2 aromatic rings. The molecule has 0 radical (unpaired) electrons. The van der Waals surface area contributed by atoms with Gasteiger partial charge in [-0.15, -0.1) is 0 Å². The first-order valence-electron chi connectivity index (χ1n) is 9.85. The monoisotopic (exact) mass is 414 g/mol. The molecule has 0 saturated carbocycles. The molecule has 3 rings (SSSR count). The number of anilines is 1. The third kappa shape index (κ3) is 5.71. The lowest BCUT2D eigenvalue weighted by Crippen LogP contribution is -2.43. The number of benzene rings is 2. The van der Waals surface area contributed by atoms with Gasteiger partial charge in [0.2, 0.25) is 11.8 Å². The second-order valence-electron chi connectivity index (χ2n) is 7.26. The number of carbonyl (C=O) groups excluding carboxylic acids is 3. The molecular formula is C24H22N4O3. The van der Waals surface area contributed by atoms with Crippen molar-refractivity contribution in [3.05, 3.63) is 66.2 Å². The molecule has 0 aliphatic carbocycles. The van der Waals surface area contributed by atoms with Gasteiger partial charge in [-0.2, -0.15) is 5.26 Å². The van der Waals surface area contributed by atoms with E-state index in [9.17, 15) is 19.6 Å². The predicted molar refractivity (Wildman–Crippen MR) is 115 cm³/mol. The third-order valence-electron chi connectivity index (χ3n) is 4.99. The van der Waals surface area contributed by atoms with E-state index >= 15 is 0 Å². The Morgan fingerprint density at radius 3 is 2.39 bits per heavy atom. The van der Waals surface area contributed by atoms with Crippen LogP contribution in [0.3, 0.4) is 0 Å². The maximum Gasteiger partial charge on any atom is 0.299 e. The maximum absolute atomic E-state index is 12.7. The van der Waals surface area contributed by atoms with Crippen molar-refractivity contribution in [2.75, 3.05) is 25.5 Å². The zero-order valence-electron chi connectivity index (χ0n) is 17.1. The first-order valence-corrected chi connectivity index (χ1v) is 9.85. The summed E-state index contributed by atoms with van der Waals surface area (Å²) in [4.78, 5) is 40.1. The van der Waals surface area contributed by atoms with Crippen LogP contribution in [0.15, 0.2) is 60.7 Å². The lowest BCUT2D eigenvalue weighted by molar-refractivity contribution is -0.137. The number of likely N-dealkylation sites (tertiary alicyclic amines) is 1. The number of nitrogens with one attached hydrogen (secondary N) is 1. The van der Waals surface area contributed by atoms with Crippen molar-refractivity contribution in [2.45, 2.75) is 12.5 Å². The van der Waals surface area contributed by atoms with Crippen LogP contribution in [-0.4, -0.2) is 53.7 Å². The fourth-order valence-electron chi connectivity index (χ4n) is 3.30. The molecule has 2 unspecified atom stereocenters. The van der Waals surface area contributed by atoms with Gasteiger partial charge < -0.3 is 15.1 Å². The van der Waals surface area contributed by atoms with Crippen molar-refractivity contribution in [3.8, 4) is 17.9 Å². The zero-order chi connectivity index (χ0) is 22.2. The summed E-state index contributed by atoms with van der Waals surface area (Å²) in [6, 6.07) is 19.5. The van der Waals surface area contributed by atoms with Crippen molar-refractivity contribution in [1.29, 1.82) is 5.26 Å². The van der Waals surface area contributed by atoms with Gasteiger partial charge in [-0.25, -0.2) is 0 Å². The minimum Gasteiger partial charge on any atom is -0.326 e. The van der Waals surface area contributed by atoms with Gasteiger partial charge in [-0.1, -0.05) is 42.3 Å². The van der Waals surface area contributed by atoms with Gasteiger partial charge in [0.15, 0.2) is 0 Å². The van der Waals surface area contributed by atoms with Gasteiger partial charge in [0.05, 0.1) is 12.0 Å². The Morgan fingerprint density at radius 1 is 1.10 bits per heavy atom. The number of hydrogen-bond donors (Lipinski definition) is 1. The Hall–Kier alpha value is -4.10. The van der Waals surface area contributed by atoms with Crippen LogP contribution in [0.1, 0.15) is 12.0 Å². The van der Waals surface area contributed by atoms with Crippen molar-refractivity contribution in [2.24, 2.45) is 5.92 Å². The Labute approximate surface area is 181 Å². The molecule has 1 heterocycles. The minimum atomic E-state index is -0.710. The second-order valence-corrected chi connectivity index (χ2v) is 7.26. The predicted octanol–water partition coefficient (Wildman–Crippen LogP) is 1.88. The molecule has 1 aliphatic heterocycles. The Kier molecular flexibility index (Phi) is 7.03. The zero-order valence-corrected chi connectivity index (χ0v) is 17.1. The fraction of sp³-hybridized carbons (Fsp3) is 0.250. The molecule has 0 aromatic heterocycles. The molecule has 0 spiro atoms. The first kappa shape index (κ1) is 21.6. The summed E-state index contributed by atoms with van der Waals surface area (Å²) >= 11 is 0. The molecule has 2 aromatic carbocycles. The van der Waals surface area contributed by atoms with Crippen LogP contribution in [-0.2, 0) is 14.4 Å². The standard InChI is InChI=1S/C24H22N4O3/c1-27(22(29)13-12-18-8-4-2-5-9-18)17-23(30)28-16-19(14-21(28)15-25)24(31)26-20-10-6-3-7-11-20/h2-11,19,21H,14,16-17H2,1H3,(H,26,31). The molecule has 2 atom stereocenters. The number of likely N-dealkylation sites (N-methyl/N-ethyl adjacent to an activating group) is 1. The maximum atomic E-state index is 12.7. The molecule has 156 valence electrons. The van der Waals surface area contributed by atoms with E-state index in [0.29, 0.717) is 11.3 Å². The van der Waals surface area contributed by atoms with Crippen molar-refractivity contribution in [3.63, 3.8) is 0 Å². The van der Waals surface area contributed by atoms with E-state index in [4.69, 9.17) is 0 Å². The van der Waals surface area contributed by atoms with Crippen LogP contribution in [0.25, 0.3) is 0 Å². The van der Waals surface area contributed by atoms with Crippen LogP contribution < -0.4 is 5.32 Å². The number of rotatable bonds is 4. The summed E-state index contributed by atoms with van der Waals surface area (Å²) in [5, 5.41) is 12.3. The number of amides is 3. The quantitative estimate of drug-likeness (QED) is 0.773. The topological polar surface area (TPSA) is 93.5 Å². The average molecular weight is 414 g/mol. The summed E-state index contributed by atoms with van der Waals surface area (Å²) in [7, 11) is 1.48. The highest BCUT2D eigenvalue weighted by Gasteiger charge is 2.39. The lowest BCUT2D eigenvalue weighted by Gasteiger charge is -2.22.